The van der Waals surface area contributed by atoms with Gasteiger partial charge >= 0.3 is 5.97 Å². The molecule has 1 saturated heterocycles. The maximum atomic E-state index is 11.0. The quantitative estimate of drug-likeness (QED) is 0.687. The number of aliphatic carboxylic acids is 1. The first kappa shape index (κ1) is 11.5. The van der Waals surface area contributed by atoms with Gasteiger partial charge in [0.25, 0.3) is 0 Å². The van der Waals surface area contributed by atoms with Gasteiger partial charge in [-0.2, -0.15) is 0 Å². The normalized spacial score (nSPS) is 25.1. The van der Waals surface area contributed by atoms with E-state index in [9.17, 15) is 9.90 Å². The molecule has 1 rings (SSSR count). The first-order chi connectivity index (χ1) is 6.65. The molecular weight excluding hydrogens is 182 g/mol. The molecule has 0 amide bonds. The fourth-order valence-electron chi connectivity index (χ4n) is 1.91. The lowest BCUT2D eigenvalue weighted by Crippen LogP contribution is -2.40. The van der Waals surface area contributed by atoms with Crippen LogP contribution in [0.5, 0.6) is 0 Å². The van der Waals surface area contributed by atoms with E-state index in [-0.39, 0.29) is 6.10 Å². The highest BCUT2D eigenvalue weighted by Crippen LogP contribution is 2.16. The number of unbranched alkanes of at least 4 members (excludes halogenated alkanes) is 1. The number of nitrogens with zero attached hydrogens (tertiary/aromatic N) is 1. The minimum Gasteiger partial charge on any atom is -0.480 e. The SMILES string of the molecule is CCCCC(C(=O)O)N1CCC(O)C1. The number of aliphatic hydroxyl groups excluding tert-OH is 1. The first-order valence-electron chi connectivity index (χ1n) is 5.30. The van der Waals surface area contributed by atoms with E-state index in [2.05, 4.69) is 6.92 Å². The molecule has 0 bridgehead atoms. The van der Waals surface area contributed by atoms with E-state index in [1.165, 1.54) is 0 Å². The van der Waals surface area contributed by atoms with Crippen LogP contribution in [-0.4, -0.2) is 46.3 Å². The monoisotopic (exact) mass is 201 g/mol. The average molecular weight is 201 g/mol. The topological polar surface area (TPSA) is 60.8 Å². The summed E-state index contributed by atoms with van der Waals surface area (Å²) in [6.45, 7) is 3.28. The van der Waals surface area contributed by atoms with E-state index in [1.807, 2.05) is 4.90 Å². The van der Waals surface area contributed by atoms with Crippen molar-refractivity contribution in [1.82, 2.24) is 4.90 Å². The summed E-state index contributed by atoms with van der Waals surface area (Å²) in [5.41, 5.74) is 0. The molecule has 0 aromatic heterocycles. The number of hydrogen-bond acceptors (Lipinski definition) is 3. The van der Waals surface area contributed by atoms with E-state index in [0.29, 0.717) is 25.9 Å². The Morgan fingerprint density at radius 1 is 1.64 bits per heavy atom. The average Bonchev–Trinajstić information content (AvgIpc) is 2.52. The van der Waals surface area contributed by atoms with Gasteiger partial charge in [-0.15, -0.1) is 0 Å². The standard InChI is InChI=1S/C10H19NO3/c1-2-3-4-9(10(13)14)11-6-5-8(12)7-11/h8-9,12H,2-7H2,1H3,(H,13,14). The van der Waals surface area contributed by atoms with Crippen LogP contribution in [0.2, 0.25) is 0 Å². The Labute approximate surface area is 84.5 Å². The highest BCUT2D eigenvalue weighted by atomic mass is 16.4. The number of carbonyl (C=O) groups is 1. The van der Waals surface area contributed by atoms with Crippen molar-refractivity contribution in [3.05, 3.63) is 0 Å². The van der Waals surface area contributed by atoms with Gasteiger partial charge in [0.05, 0.1) is 6.10 Å². The maximum absolute atomic E-state index is 11.0. The van der Waals surface area contributed by atoms with Gasteiger partial charge in [-0.1, -0.05) is 19.8 Å². The van der Waals surface area contributed by atoms with Crippen molar-refractivity contribution in [2.75, 3.05) is 13.1 Å². The Morgan fingerprint density at radius 3 is 2.79 bits per heavy atom. The highest BCUT2D eigenvalue weighted by Gasteiger charge is 2.30. The summed E-state index contributed by atoms with van der Waals surface area (Å²) >= 11 is 0. The third-order valence-corrected chi connectivity index (χ3v) is 2.75. The Kier molecular flexibility index (Phi) is 4.35. The Hall–Kier alpha value is -0.610. The summed E-state index contributed by atoms with van der Waals surface area (Å²) < 4.78 is 0. The van der Waals surface area contributed by atoms with Crippen LogP contribution < -0.4 is 0 Å². The zero-order valence-corrected chi connectivity index (χ0v) is 8.65. The minimum absolute atomic E-state index is 0.335. The zero-order valence-electron chi connectivity index (χ0n) is 8.65. The second kappa shape index (κ2) is 5.32. The van der Waals surface area contributed by atoms with Gasteiger partial charge in [0.2, 0.25) is 0 Å². The molecule has 14 heavy (non-hydrogen) atoms. The predicted octanol–water partition coefficient (Wildman–Crippen LogP) is 0.696. The number of carboxylic acid groups (broad SMARTS) is 1. The van der Waals surface area contributed by atoms with Crippen LogP contribution in [0, 0.1) is 0 Å². The Balaban J connectivity index is 2.45. The fraction of sp³-hybridized carbons (Fsp3) is 0.900. The maximum Gasteiger partial charge on any atom is 0.320 e. The summed E-state index contributed by atoms with van der Waals surface area (Å²) in [7, 11) is 0. The third-order valence-electron chi connectivity index (χ3n) is 2.75. The van der Waals surface area contributed by atoms with E-state index in [1.54, 1.807) is 0 Å². The summed E-state index contributed by atoms with van der Waals surface area (Å²) in [6, 6.07) is -0.396. The van der Waals surface area contributed by atoms with Crippen molar-refractivity contribution in [3.8, 4) is 0 Å². The van der Waals surface area contributed by atoms with Crippen LogP contribution in [0.3, 0.4) is 0 Å². The van der Waals surface area contributed by atoms with Crippen LogP contribution in [0.15, 0.2) is 0 Å². The van der Waals surface area contributed by atoms with Crippen molar-refractivity contribution in [3.63, 3.8) is 0 Å². The van der Waals surface area contributed by atoms with Crippen LogP contribution in [-0.2, 0) is 4.79 Å². The molecular formula is C10H19NO3. The molecule has 2 N–H and O–H groups in total. The number of carboxylic acids is 1. The minimum atomic E-state index is -0.757. The van der Waals surface area contributed by atoms with Gasteiger partial charge in [0, 0.05) is 13.1 Å². The van der Waals surface area contributed by atoms with Gasteiger partial charge in [-0.25, -0.2) is 0 Å². The number of aliphatic hydroxyl groups is 1. The lowest BCUT2D eigenvalue weighted by molar-refractivity contribution is -0.143. The fourth-order valence-corrected chi connectivity index (χ4v) is 1.91. The van der Waals surface area contributed by atoms with E-state index in [0.717, 1.165) is 12.8 Å². The number of β-amino-alcohol motifs (C(OH)–C–C–N with tert-alkyl or cyclic N) is 1. The smallest absolute Gasteiger partial charge is 0.320 e. The van der Waals surface area contributed by atoms with E-state index >= 15 is 0 Å². The van der Waals surface area contributed by atoms with Crippen molar-refractivity contribution in [1.29, 1.82) is 0 Å². The molecule has 1 fully saturated rings. The van der Waals surface area contributed by atoms with Crippen LogP contribution in [0.4, 0.5) is 0 Å². The van der Waals surface area contributed by atoms with Gasteiger partial charge in [0.1, 0.15) is 6.04 Å². The predicted molar refractivity (Wildman–Crippen MR) is 53.1 cm³/mol. The molecule has 0 aromatic rings. The van der Waals surface area contributed by atoms with E-state index in [4.69, 9.17) is 5.11 Å². The van der Waals surface area contributed by atoms with Gasteiger partial charge in [-0.3, -0.25) is 9.69 Å². The van der Waals surface area contributed by atoms with Crippen molar-refractivity contribution in [2.24, 2.45) is 0 Å². The number of hydrogen-bond donors (Lipinski definition) is 2. The molecule has 1 aliphatic heterocycles. The molecule has 4 nitrogen and oxygen atoms in total. The molecule has 2 unspecified atom stereocenters. The molecule has 0 aromatic carbocycles. The van der Waals surface area contributed by atoms with Crippen LogP contribution in [0.1, 0.15) is 32.6 Å². The van der Waals surface area contributed by atoms with Gasteiger partial charge < -0.3 is 10.2 Å². The molecule has 1 aliphatic rings. The lowest BCUT2D eigenvalue weighted by Gasteiger charge is -2.23. The summed E-state index contributed by atoms with van der Waals surface area (Å²) in [5, 5.41) is 18.3. The molecule has 0 aliphatic carbocycles. The van der Waals surface area contributed by atoms with Crippen LogP contribution in [0.25, 0.3) is 0 Å². The molecule has 0 radical (unpaired) electrons. The molecule has 1 heterocycles. The number of rotatable bonds is 5. The third kappa shape index (κ3) is 2.96. The summed E-state index contributed by atoms with van der Waals surface area (Å²) in [4.78, 5) is 12.9. The zero-order chi connectivity index (χ0) is 10.6. The molecule has 82 valence electrons. The van der Waals surface area contributed by atoms with Crippen molar-refractivity contribution < 1.29 is 15.0 Å². The molecule has 4 heteroatoms. The Morgan fingerprint density at radius 2 is 2.36 bits per heavy atom. The summed E-state index contributed by atoms with van der Waals surface area (Å²) in [5.74, 6) is -0.757. The summed E-state index contributed by atoms with van der Waals surface area (Å²) in [6.07, 6.45) is 3.01. The number of likely N-dealkylation sites (tertiary alicyclic amines) is 1. The molecule has 0 saturated carbocycles. The lowest BCUT2D eigenvalue weighted by atomic mass is 10.1. The van der Waals surface area contributed by atoms with Gasteiger partial charge in [0.15, 0.2) is 0 Å². The largest absolute Gasteiger partial charge is 0.480 e. The first-order valence-corrected chi connectivity index (χ1v) is 5.30. The highest BCUT2D eigenvalue weighted by molar-refractivity contribution is 5.73. The van der Waals surface area contributed by atoms with E-state index < -0.39 is 12.0 Å². The molecule has 0 spiro atoms. The second-order valence-electron chi connectivity index (χ2n) is 3.93. The van der Waals surface area contributed by atoms with Crippen LogP contribution >= 0.6 is 0 Å². The Bertz CT molecular complexity index is 196. The second-order valence-corrected chi connectivity index (χ2v) is 3.93. The van der Waals surface area contributed by atoms with Crippen molar-refractivity contribution in [2.45, 2.75) is 44.8 Å². The molecule has 2 atom stereocenters. The van der Waals surface area contributed by atoms with Crippen molar-refractivity contribution >= 4 is 5.97 Å². The van der Waals surface area contributed by atoms with Gasteiger partial charge in [-0.05, 0) is 12.8 Å².